The average Bonchev–Trinajstić information content (AvgIpc) is 3.23. The molecule has 2 amide bonds. The van der Waals surface area contributed by atoms with Crippen molar-refractivity contribution in [3.63, 3.8) is 0 Å². The monoisotopic (exact) mass is 400 g/mol. The number of thiophene rings is 1. The minimum atomic E-state index is -3.44. The zero-order valence-electron chi connectivity index (χ0n) is 15.2. The van der Waals surface area contributed by atoms with E-state index in [1.54, 1.807) is 17.5 Å². The zero-order chi connectivity index (χ0) is 18.9. The van der Waals surface area contributed by atoms with Crippen LogP contribution >= 0.6 is 11.3 Å². The summed E-state index contributed by atoms with van der Waals surface area (Å²) in [6.45, 7) is 6.47. The molecule has 9 heteroatoms. The number of carbonyl (C=O) groups excluding carboxylic acids is 2. The van der Waals surface area contributed by atoms with Crippen LogP contribution in [0.3, 0.4) is 0 Å². The first-order valence-corrected chi connectivity index (χ1v) is 11.3. The fraction of sp³-hybridized carbons (Fsp3) is 0.647. The van der Waals surface area contributed by atoms with Gasteiger partial charge in [-0.05, 0) is 23.8 Å². The van der Waals surface area contributed by atoms with Gasteiger partial charge in [0.2, 0.25) is 5.91 Å². The standard InChI is InChI=1S/C17H25N3O4S2/c1-13(2)5-6-20-15(21)12-14(17(20)22)18-7-9-19(10-8-18)26(23,24)16-4-3-11-25-16/h3-4,11,13-14H,5-10,12H2,1-2H3/p+1/t14-/m0/s1. The summed E-state index contributed by atoms with van der Waals surface area (Å²) in [4.78, 5) is 27.3. The minimum absolute atomic E-state index is 0.0956. The van der Waals surface area contributed by atoms with Gasteiger partial charge in [-0.1, -0.05) is 19.9 Å². The number of carbonyl (C=O) groups is 2. The van der Waals surface area contributed by atoms with Crippen LogP contribution in [0.15, 0.2) is 21.7 Å². The molecule has 144 valence electrons. The molecule has 7 nitrogen and oxygen atoms in total. The number of piperazine rings is 1. The molecule has 0 saturated carbocycles. The Balaban J connectivity index is 1.60. The van der Waals surface area contributed by atoms with Crippen LogP contribution in [0.4, 0.5) is 0 Å². The van der Waals surface area contributed by atoms with Crippen molar-refractivity contribution in [1.29, 1.82) is 0 Å². The highest BCUT2D eigenvalue weighted by molar-refractivity contribution is 7.91. The van der Waals surface area contributed by atoms with E-state index in [2.05, 4.69) is 13.8 Å². The van der Waals surface area contributed by atoms with Crippen LogP contribution in [-0.2, 0) is 19.6 Å². The molecule has 1 N–H and O–H groups in total. The highest BCUT2D eigenvalue weighted by atomic mass is 32.2. The van der Waals surface area contributed by atoms with E-state index in [1.165, 1.54) is 20.5 Å². The van der Waals surface area contributed by atoms with Crippen molar-refractivity contribution in [1.82, 2.24) is 9.21 Å². The molecule has 0 spiro atoms. The van der Waals surface area contributed by atoms with Crippen LogP contribution in [-0.4, -0.2) is 68.2 Å². The van der Waals surface area contributed by atoms with Crippen LogP contribution in [0.25, 0.3) is 0 Å². The smallest absolute Gasteiger partial charge is 0.288 e. The highest BCUT2D eigenvalue weighted by Crippen LogP contribution is 2.21. The third kappa shape index (κ3) is 3.85. The highest BCUT2D eigenvalue weighted by Gasteiger charge is 2.46. The quantitative estimate of drug-likeness (QED) is 0.672. The van der Waals surface area contributed by atoms with Crippen molar-refractivity contribution >= 4 is 33.2 Å². The van der Waals surface area contributed by atoms with Gasteiger partial charge in [0.25, 0.3) is 15.9 Å². The van der Waals surface area contributed by atoms with Gasteiger partial charge in [0.05, 0.1) is 32.6 Å². The van der Waals surface area contributed by atoms with Crippen LogP contribution < -0.4 is 4.90 Å². The molecular weight excluding hydrogens is 374 g/mol. The maximum atomic E-state index is 12.6. The summed E-state index contributed by atoms with van der Waals surface area (Å²) in [5, 5.41) is 1.75. The SMILES string of the molecule is CC(C)CCN1C(=O)C[C@H]([NH+]2CCN(S(=O)(=O)c3cccs3)CC2)C1=O. The van der Waals surface area contributed by atoms with E-state index in [0.717, 1.165) is 11.3 Å². The van der Waals surface area contributed by atoms with Crippen molar-refractivity contribution in [2.24, 2.45) is 5.92 Å². The van der Waals surface area contributed by atoms with Gasteiger partial charge in [-0.3, -0.25) is 14.5 Å². The predicted octanol–water partition coefficient (Wildman–Crippen LogP) is -0.189. The van der Waals surface area contributed by atoms with Gasteiger partial charge in [-0.2, -0.15) is 4.31 Å². The summed E-state index contributed by atoms with van der Waals surface area (Å²) in [6.07, 6.45) is 1.05. The second kappa shape index (κ2) is 7.75. The number of nitrogens with zero attached hydrogens (tertiary/aromatic N) is 2. The van der Waals surface area contributed by atoms with Crippen molar-refractivity contribution < 1.29 is 22.9 Å². The van der Waals surface area contributed by atoms with E-state index >= 15 is 0 Å². The molecular formula is C17H26N3O4S2+. The van der Waals surface area contributed by atoms with Gasteiger partial charge < -0.3 is 4.90 Å². The molecule has 0 aliphatic carbocycles. The summed E-state index contributed by atoms with van der Waals surface area (Å²) in [6, 6.07) is 2.99. The summed E-state index contributed by atoms with van der Waals surface area (Å²) in [7, 11) is -3.44. The molecule has 1 aromatic heterocycles. The Bertz CT molecular complexity index is 753. The van der Waals surface area contributed by atoms with Crippen LogP contribution in [0.1, 0.15) is 26.7 Å². The predicted molar refractivity (Wildman–Crippen MR) is 98.4 cm³/mol. The molecule has 2 aliphatic heterocycles. The number of hydrogen-bond donors (Lipinski definition) is 1. The fourth-order valence-electron chi connectivity index (χ4n) is 3.52. The maximum absolute atomic E-state index is 12.6. The normalized spacial score (nSPS) is 23.3. The summed E-state index contributed by atoms with van der Waals surface area (Å²) in [5.41, 5.74) is 0. The summed E-state index contributed by atoms with van der Waals surface area (Å²) < 4.78 is 27.0. The van der Waals surface area contributed by atoms with Gasteiger partial charge in [-0.25, -0.2) is 8.42 Å². The van der Waals surface area contributed by atoms with Gasteiger partial charge in [0.15, 0.2) is 6.04 Å². The Morgan fingerprint density at radius 1 is 1.27 bits per heavy atom. The Morgan fingerprint density at radius 3 is 2.54 bits per heavy atom. The topological polar surface area (TPSA) is 79.2 Å². The molecule has 2 aliphatic rings. The second-order valence-corrected chi connectivity index (χ2v) is 10.4. The summed E-state index contributed by atoms with van der Waals surface area (Å²) >= 11 is 1.22. The Labute approximate surface area is 158 Å². The van der Waals surface area contributed by atoms with E-state index in [0.29, 0.717) is 42.9 Å². The largest absolute Gasteiger partial charge is 0.322 e. The molecule has 26 heavy (non-hydrogen) atoms. The van der Waals surface area contributed by atoms with E-state index in [9.17, 15) is 18.0 Å². The lowest BCUT2D eigenvalue weighted by Gasteiger charge is -2.33. The number of quaternary nitrogens is 1. The van der Waals surface area contributed by atoms with Gasteiger partial charge >= 0.3 is 0 Å². The second-order valence-electron chi connectivity index (χ2n) is 7.32. The average molecular weight is 401 g/mol. The van der Waals surface area contributed by atoms with Crippen LogP contribution in [0.2, 0.25) is 0 Å². The molecule has 2 saturated heterocycles. The number of likely N-dealkylation sites (tertiary alicyclic amines) is 1. The molecule has 3 rings (SSSR count). The first-order valence-electron chi connectivity index (χ1n) is 9.03. The molecule has 0 aromatic carbocycles. The molecule has 2 fully saturated rings. The van der Waals surface area contributed by atoms with Crippen LogP contribution in [0, 0.1) is 5.92 Å². The van der Waals surface area contributed by atoms with Crippen LogP contribution in [0.5, 0.6) is 0 Å². The number of hydrogen-bond acceptors (Lipinski definition) is 5. The lowest BCUT2D eigenvalue weighted by Crippen LogP contribution is -3.19. The van der Waals surface area contributed by atoms with Gasteiger partial charge in [0, 0.05) is 6.54 Å². The van der Waals surface area contributed by atoms with E-state index in [4.69, 9.17) is 0 Å². The molecule has 0 unspecified atom stereocenters. The summed E-state index contributed by atoms with van der Waals surface area (Å²) in [5.74, 6) is 0.245. The number of rotatable bonds is 6. The lowest BCUT2D eigenvalue weighted by molar-refractivity contribution is -0.918. The fourth-order valence-corrected chi connectivity index (χ4v) is 6.11. The van der Waals surface area contributed by atoms with E-state index in [-0.39, 0.29) is 24.3 Å². The number of sulfonamides is 1. The Kier molecular flexibility index (Phi) is 5.81. The molecule has 0 bridgehead atoms. The first-order chi connectivity index (χ1) is 12.3. The Hall–Kier alpha value is -1.29. The van der Waals surface area contributed by atoms with E-state index in [1.807, 2.05) is 0 Å². The third-order valence-electron chi connectivity index (χ3n) is 5.12. The first kappa shape index (κ1) is 19.5. The van der Waals surface area contributed by atoms with E-state index < -0.39 is 10.0 Å². The maximum Gasteiger partial charge on any atom is 0.288 e. The zero-order valence-corrected chi connectivity index (χ0v) is 16.8. The lowest BCUT2D eigenvalue weighted by atomic mass is 10.1. The third-order valence-corrected chi connectivity index (χ3v) is 8.39. The molecule has 0 radical (unpaired) electrons. The molecule has 1 atom stereocenters. The molecule has 3 heterocycles. The number of imide groups is 1. The Morgan fingerprint density at radius 2 is 1.96 bits per heavy atom. The van der Waals surface area contributed by atoms with Crippen molar-refractivity contribution in [2.45, 2.75) is 36.9 Å². The van der Waals surface area contributed by atoms with Crippen molar-refractivity contribution in [2.75, 3.05) is 32.7 Å². The van der Waals surface area contributed by atoms with Crippen molar-refractivity contribution in [3.8, 4) is 0 Å². The van der Waals surface area contributed by atoms with Gasteiger partial charge in [0.1, 0.15) is 4.21 Å². The molecule has 1 aromatic rings. The van der Waals surface area contributed by atoms with Crippen molar-refractivity contribution in [3.05, 3.63) is 17.5 Å². The minimum Gasteiger partial charge on any atom is -0.322 e. The number of amides is 2. The number of nitrogens with one attached hydrogen (secondary N) is 1. The van der Waals surface area contributed by atoms with Gasteiger partial charge in [-0.15, -0.1) is 11.3 Å².